The largest absolute Gasteiger partial charge is 0.374 e. The molecule has 82 valence electrons. The lowest BCUT2D eigenvalue weighted by molar-refractivity contribution is 0.178. The van der Waals surface area contributed by atoms with Crippen molar-refractivity contribution >= 4 is 18.3 Å². The van der Waals surface area contributed by atoms with Gasteiger partial charge in [0.15, 0.2) is 0 Å². The molecule has 0 amide bonds. The van der Waals surface area contributed by atoms with Crippen LogP contribution in [0.15, 0.2) is 30.3 Å². The molecule has 1 fully saturated rings. The van der Waals surface area contributed by atoms with Crippen molar-refractivity contribution in [3.63, 3.8) is 0 Å². The first-order valence-electron chi connectivity index (χ1n) is 5.63. The summed E-state index contributed by atoms with van der Waals surface area (Å²) in [6.07, 6.45) is 4.06. The van der Waals surface area contributed by atoms with E-state index in [1.54, 1.807) is 0 Å². The van der Waals surface area contributed by atoms with E-state index in [9.17, 15) is 0 Å². The fraction of sp³-hybridized carbons (Fsp3) is 0.538. The van der Waals surface area contributed by atoms with Crippen molar-refractivity contribution in [3.8, 4) is 0 Å². The molecular weight excluding hydrogens is 202 g/mol. The van der Waals surface area contributed by atoms with Crippen LogP contribution in [-0.2, 0) is 0 Å². The van der Waals surface area contributed by atoms with Gasteiger partial charge in [-0.05, 0) is 36.1 Å². The average Bonchev–Trinajstić information content (AvgIpc) is 2.24. The molecular formula is C13H19NS. The Balaban J connectivity index is 2.00. The van der Waals surface area contributed by atoms with Crippen LogP contribution >= 0.6 is 12.6 Å². The fourth-order valence-corrected chi connectivity index (χ4v) is 2.74. The molecule has 0 N–H and O–H groups in total. The Kier molecular flexibility index (Phi) is 3.25. The number of nitrogens with zero attached hydrogens (tertiary/aromatic N) is 1. The second kappa shape index (κ2) is 4.48. The standard InChI is InChI=1S/C13H19NS/c1-14(12-6-3-2-4-7-12)10-13(11-15)8-5-9-13/h2-4,6-7,15H,5,8-11H2,1H3. The SMILES string of the molecule is CN(CC1(CS)CCC1)c1ccccc1. The number of rotatable bonds is 4. The molecule has 0 aromatic heterocycles. The Hall–Kier alpha value is -0.630. The smallest absolute Gasteiger partial charge is 0.0363 e. The van der Waals surface area contributed by atoms with E-state index in [0.29, 0.717) is 5.41 Å². The molecule has 1 nitrogen and oxygen atoms in total. The van der Waals surface area contributed by atoms with Gasteiger partial charge in [-0.25, -0.2) is 0 Å². The summed E-state index contributed by atoms with van der Waals surface area (Å²) >= 11 is 4.49. The molecule has 0 atom stereocenters. The molecule has 1 aromatic rings. The zero-order chi connectivity index (χ0) is 10.7. The maximum Gasteiger partial charge on any atom is 0.0363 e. The Morgan fingerprint density at radius 1 is 1.27 bits per heavy atom. The van der Waals surface area contributed by atoms with Crippen LogP contribution in [0.1, 0.15) is 19.3 Å². The van der Waals surface area contributed by atoms with Crippen molar-refractivity contribution in [3.05, 3.63) is 30.3 Å². The van der Waals surface area contributed by atoms with Crippen LogP contribution in [0.25, 0.3) is 0 Å². The number of anilines is 1. The highest BCUT2D eigenvalue weighted by Crippen LogP contribution is 2.42. The van der Waals surface area contributed by atoms with Gasteiger partial charge in [0.05, 0.1) is 0 Å². The molecule has 1 aliphatic rings. The van der Waals surface area contributed by atoms with E-state index < -0.39 is 0 Å². The van der Waals surface area contributed by atoms with Gasteiger partial charge in [-0.2, -0.15) is 12.6 Å². The quantitative estimate of drug-likeness (QED) is 0.764. The van der Waals surface area contributed by atoms with Crippen LogP contribution in [-0.4, -0.2) is 19.3 Å². The second-order valence-electron chi connectivity index (χ2n) is 4.70. The lowest BCUT2D eigenvalue weighted by Gasteiger charge is -2.44. The van der Waals surface area contributed by atoms with E-state index in [1.807, 2.05) is 0 Å². The lowest BCUT2D eigenvalue weighted by atomic mass is 9.70. The van der Waals surface area contributed by atoms with Crippen LogP contribution in [0.2, 0.25) is 0 Å². The molecule has 0 heterocycles. The minimum absolute atomic E-state index is 0.480. The molecule has 0 bridgehead atoms. The number of benzene rings is 1. The average molecular weight is 221 g/mol. The van der Waals surface area contributed by atoms with Crippen molar-refractivity contribution in [2.45, 2.75) is 19.3 Å². The predicted molar refractivity (Wildman–Crippen MR) is 69.8 cm³/mol. The van der Waals surface area contributed by atoms with Gasteiger partial charge in [-0.1, -0.05) is 24.6 Å². The van der Waals surface area contributed by atoms with E-state index in [0.717, 1.165) is 12.3 Å². The Labute approximate surface area is 97.9 Å². The fourth-order valence-electron chi connectivity index (χ4n) is 2.32. The zero-order valence-corrected chi connectivity index (χ0v) is 10.2. The third kappa shape index (κ3) is 2.31. The minimum Gasteiger partial charge on any atom is -0.374 e. The van der Waals surface area contributed by atoms with E-state index >= 15 is 0 Å². The van der Waals surface area contributed by atoms with Crippen molar-refractivity contribution in [1.29, 1.82) is 0 Å². The molecule has 0 aliphatic heterocycles. The third-order valence-corrected chi connectivity index (χ3v) is 4.19. The summed E-state index contributed by atoms with van der Waals surface area (Å²) in [4.78, 5) is 2.36. The first-order valence-corrected chi connectivity index (χ1v) is 6.26. The van der Waals surface area contributed by atoms with Gasteiger partial charge >= 0.3 is 0 Å². The number of para-hydroxylation sites is 1. The Bertz CT molecular complexity index is 300. The van der Waals surface area contributed by atoms with Gasteiger partial charge in [0.2, 0.25) is 0 Å². The lowest BCUT2D eigenvalue weighted by Crippen LogP contribution is -2.42. The predicted octanol–water partition coefficient (Wildman–Crippen LogP) is 3.22. The molecule has 1 saturated carbocycles. The van der Waals surface area contributed by atoms with Crippen LogP contribution < -0.4 is 4.90 Å². The summed E-state index contributed by atoms with van der Waals surface area (Å²) in [5, 5.41) is 0. The monoisotopic (exact) mass is 221 g/mol. The Morgan fingerprint density at radius 2 is 1.93 bits per heavy atom. The molecule has 0 radical (unpaired) electrons. The first kappa shape index (κ1) is 10.9. The number of hydrogen-bond acceptors (Lipinski definition) is 2. The molecule has 0 saturated heterocycles. The summed E-state index contributed by atoms with van der Waals surface area (Å²) in [6, 6.07) is 10.6. The summed E-state index contributed by atoms with van der Waals surface area (Å²) in [5.41, 5.74) is 1.79. The van der Waals surface area contributed by atoms with E-state index in [-0.39, 0.29) is 0 Å². The van der Waals surface area contributed by atoms with Gasteiger partial charge in [-0.3, -0.25) is 0 Å². The van der Waals surface area contributed by atoms with Crippen LogP contribution in [0.4, 0.5) is 5.69 Å². The van der Waals surface area contributed by atoms with Gasteiger partial charge in [0.1, 0.15) is 0 Å². The number of hydrogen-bond donors (Lipinski definition) is 1. The van der Waals surface area contributed by atoms with Gasteiger partial charge in [0.25, 0.3) is 0 Å². The molecule has 15 heavy (non-hydrogen) atoms. The highest BCUT2D eigenvalue weighted by molar-refractivity contribution is 7.80. The van der Waals surface area contributed by atoms with Crippen molar-refractivity contribution in [2.24, 2.45) is 5.41 Å². The summed E-state index contributed by atoms with van der Waals surface area (Å²) in [5.74, 6) is 1.02. The van der Waals surface area contributed by atoms with Gasteiger partial charge < -0.3 is 4.90 Å². The maximum absolute atomic E-state index is 4.49. The Morgan fingerprint density at radius 3 is 2.40 bits per heavy atom. The summed E-state index contributed by atoms with van der Waals surface area (Å²) in [6.45, 7) is 1.14. The molecule has 2 heteroatoms. The van der Waals surface area contributed by atoms with Gasteiger partial charge in [0, 0.05) is 19.3 Å². The van der Waals surface area contributed by atoms with Crippen LogP contribution in [0, 0.1) is 5.41 Å². The molecule has 2 rings (SSSR count). The molecule has 1 aliphatic carbocycles. The summed E-state index contributed by atoms with van der Waals surface area (Å²) in [7, 11) is 2.18. The molecule has 1 aromatic carbocycles. The topological polar surface area (TPSA) is 3.24 Å². The van der Waals surface area contributed by atoms with E-state index in [2.05, 4.69) is 54.9 Å². The summed E-state index contributed by atoms with van der Waals surface area (Å²) < 4.78 is 0. The van der Waals surface area contributed by atoms with Crippen LogP contribution in [0.3, 0.4) is 0 Å². The highest BCUT2D eigenvalue weighted by Gasteiger charge is 2.36. The van der Waals surface area contributed by atoms with E-state index in [1.165, 1.54) is 24.9 Å². The van der Waals surface area contributed by atoms with Crippen molar-refractivity contribution < 1.29 is 0 Å². The zero-order valence-electron chi connectivity index (χ0n) is 9.32. The third-order valence-electron chi connectivity index (χ3n) is 3.52. The van der Waals surface area contributed by atoms with Crippen molar-refractivity contribution in [1.82, 2.24) is 0 Å². The first-order chi connectivity index (χ1) is 7.26. The van der Waals surface area contributed by atoms with E-state index in [4.69, 9.17) is 0 Å². The normalized spacial score (nSPS) is 18.3. The highest BCUT2D eigenvalue weighted by atomic mass is 32.1. The molecule has 0 unspecified atom stereocenters. The number of thiol groups is 1. The van der Waals surface area contributed by atoms with Crippen molar-refractivity contribution in [2.75, 3.05) is 24.2 Å². The van der Waals surface area contributed by atoms with Gasteiger partial charge in [-0.15, -0.1) is 0 Å². The maximum atomic E-state index is 4.49. The minimum atomic E-state index is 0.480. The van der Waals surface area contributed by atoms with Crippen LogP contribution in [0.5, 0.6) is 0 Å². The molecule has 0 spiro atoms. The second-order valence-corrected chi connectivity index (χ2v) is 5.02.